The third-order valence-corrected chi connectivity index (χ3v) is 12.8. The Hall–Kier alpha value is -2.79. The molecule has 0 aliphatic heterocycles. The molecule has 0 saturated carbocycles. The van der Waals surface area contributed by atoms with Gasteiger partial charge in [0.25, 0.3) is 0 Å². The van der Waals surface area contributed by atoms with E-state index in [2.05, 4.69) is 199 Å². The van der Waals surface area contributed by atoms with Crippen LogP contribution < -0.4 is 30.6 Å². The van der Waals surface area contributed by atoms with Crippen LogP contribution in [-0.2, 0) is 43.4 Å². The van der Waals surface area contributed by atoms with Crippen molar-refractivity contribution in [2.24, 2.45) is 11.8 Å². The topological polar surface area (TPSA) is 0 Å². The van der Waals surface area contributed by atoms with Crippen LogP contribution in [0.4, 0.5) is 0 Å². The Bertz CT molecular complexity index is 1970. The molecule has 6 aromatic rings. The van der Waals surface area contributed by atoms with E-state index >= 15 is 0 Å². The first-order chi connectivity index (χ1) is 26.3. The fourth-order valence-electron chi connectivity index (χ4n) is 6.88. The summed E-state index contributed by atoms with van der Waals surface area (Å²) >= 11 is 0. The van der Waals surface area contributed by atoms with Crippen molar-refractivity contribution in [3.05, 3.63) is 180 Å². The number of aryl methyl sites for hydroxylation is 2. The summed E-state index contributed by atoms with van der Waals surface area (Å²) in [5, 5.41) is 11.2. The van der Waals surface area contributed by atoms with Gasteiger partial charge in [-0.05, 0) is 48.4 Å². The van der Waals surface area contributed by atoms with Gasteiger partial charge in [-0.1, -0.05) is 130 Å². The smallest absolute Gasteiger partial charge is 1.00 e. The van der Waals surface area contributed by atoms with Gasteiger partial charge in [0.15, 0.2) is 0 Å². The molecule has 0 amide bonds. The zero-order chi connectivity index (χ0) is 38.1. The van der Waals surface area contributed by atoms with E-state index in [1.165, 1.54) is 90.7 Å². The largest absolute Gasteiger partial charge is 2.00 e. The molecule has 4 unspecified atom stereocenters. The Morgan fingerprint density at radius 3 is 1.24 bits per heavy atom. The number of rotatable bonds is 10. The maximum Gasteiger partial charge on any atom is 2.00 e. The molecule has 0 radical (unpaired) electrons. The Kier molecular flexibility index (Phi) is 26.3. The second-order valence-electron chi connectivity index (χ2n) is 14.5. The van der Waals surface area contributed by atoms with Gasteiger partial charge in [-0.3, -0.25) is 12.2 Å². The van der Waals surface area contributed by atoms with Crippen molar-refractivity contribution in [1.29, 1.82) is 0 Å². The fraction of sp³-hybridized carbons (Fsp3) is 0.269. The van der Waals surface area contributed by atoms with Crippen LogP contribution in [0.5, 0.6) is 0 Å². The average molecular weight is 879 g/mol. The fourth-order valence-corrected chi connectivity index (χ4v) is 9.33. The zero-order valence-electron chi connectivity index (χ0n) is 35.0. The first kappa shape index (κ1) is 53.2. The van der Waals surface area contributed by atoms with Crippen molar-refractivity contribution in [1.82, 2.24) is 0 Å². The SMILES string of the molecule is CCCC(C)C1=[C-]CC=C1.CCCC(C)C1=[C-]CC=C1.Cc1ccccc1Pc1cc2ccccc2[cH-]1.Cc1ccccc1Pc1cc2ccccc2[cH-]1.[F-].[F-].[Ti+2].[Ti+2]. The minimum atomic E-state index is 0. The number of hydrogen-bond donors (Lipinski definition) is 0. The van der Waals surface area contributed by atoms with E-state index < -0.39 is 0 Å². The summed E-state index contributed by atoms with van der Waals surface area (Å²) < 4.78 is 0. The van der Waals surface area contributed by atoms with Crippen LogP contribution in [0.15, 0.2) is 157 Å². The molecular weight excluding hydrogens is 820 g/mol. The predicted molar refractivity (Wildman–Crippen MR) is 246 cm³/mol. The summed E-state index contributed by atoms with van der Waals surface area (Å²) in [5.74, 6) is 1.45. The summed E-state index contributed by atoms with van der Waals surface area (Å²) in [7, 11) is 1.52. The van der Waals surface area contributed by atoms with Crippen LogP contribution in [0.1, 0.15) is 77.3 Å². The monoisotopic (exact) mass is 878 g/mol. The Morgan fingerprint density at radius 1 is 0.552 bits per heavy atom. The van der Waals surface area contributed by atoms with Gasteiger partial charge in [-0.2, -0.15) is 24.3 Å². The van der Waals surface area contributed by atoms with Crippen LogP contribution in [-0.4, -0.2) is 0 Å². The van der Waals surface area contributed by atoms with E-state index in [1.807, 2.05) is 0 Å². The van der Waals surface area contributed by atoms with Crippen LogP contribution in [0.25, 0.3) is 21.5 Å². The predicted octanol–water partition coefficient (Wildman–Crippen LogP) is 7.22. The molecule has 8 rings (SSSR count). The molecule has 58 heavy (non-hydrogen) atoms. The number of halogens is 2. The van der Waals surface area contributed by atoms with E-state index in [1.54, 1.807) is 0 Å². The van der Waals surface area contributed by atoms with Crippen LogP contribution >= 0.6 is 17.2 Å². The van der Waals surface area contributed by atoms with Crippen molar-refractivity contribution in [3.8, 4) is 0 Å². The van der Waals surface area contributed by atoms with Crippen molar-refractivity contribution >= 4 is 59.9 Å². The van der Waals surface area contributed by atoms with Gasteiger partial charge in [0.05, 0.1) is 0 Å². The van der Waals surface area contributed by atoms with Gasteiger partial charge in [-0.25, -0.2) is 23.3 Å². The van der Waals surface area contributed by atoms with Gasteiger partial charge in [0.2, 0.25) is 0 Å². The van der Waals surface area contributed by atoms with E-state index in [0.29, 0.717) is 0 Å². The quantitative estimate of drug-likeness (QED) is 0.0776. The number of benzene rings is 4. The molecule has 0 saturated heterocycles. The van der Waals surface area contributed by atoms with Crippen LogP contribution in [0.3, 0.4) is 0 Å². The molecule has 2 aliphatic carbocycles. The van der Waals surface area contributed by atoms with Gasteiger partial charge in [0.1, 0.15) is 0 Å². The zero-order valence-corrected chi connectivity index (χ0v) is 40.1. The Labute approximate surface area is 382 Å². The summed E-state index contributed by atoms with van der Waals surface area (Å²) in [6.07, 6.45) is 22.7. The Morgan fingerprint density at radius 2 is 0.914 bits per heavy atom. The van der Waals surface area contributed by atoms with Gasteiger partial charge in [-0.15, -0.1) is 93.5 Å². The van der Waals surface area contributed by atoms with Gasteiger partial charge < -0.3 is 9.41 Å². The second kappa shape index (κ2) is 28.6. The molecule has 0 N–H and O–H groups in total. The van der Waals surface area contributed by atoms with E-state index in [-0.39, 0.29) is 52.8 Å². The molecule has 4 atom stereocenters. The van der Waals surface area contributed by atoms with Crippen molar-refractivity contribution < 1.29 is 52.8 Å². The summed E-state index contributed by atoms with van der Waals surface area (Å²) in [6, 6.07) is 43.6. The molecular formula is C52H58F2P2Ti2-2. The Balaban J connectivity index is 0.000000390. The van der Waals surface area contributed by atoms with Crippen LogP contribution in [0.2, 0.25) is 0 Å². The standard InChI is InChI=1S/2C16H14P.2C10H15.2FH.2Ti/c2*1-12-6-2-5-9-16(12)17-15-10-13-7-3-4-8-14(13)11-15;2*1-3-6-9(2)10-7-4-5-8-10;;;;/h2*2-11,17H,1H3;2*4,7,9H,3,5-6H2,1-2H3;2*1H;;/q4*-1;;;2*+2/p-2. The molecule has 6 heteroatoms. The van der Waals surface area contributed by atoms with Crippen molar-refractivity contribution in [2.45, 2.75) is 80.1 Å². The summed E-state index contributed by atoms with van der Waals surface area (Å²) in [5.41, 5.74) is 5.61. The van der Waals surface area contributed by atoms with Crippen LogP contribution in [0, 0.1) is 37.8 Å². The molecule has 0 heterocycles. The van der Waals surface area contributed by atoms with E-state index in [0.717, 1.165) is 41.8 Å². The van der Waals surface area contributed by atoms with E-state index in [4.69, 9.17) is 0 Å². The minimum Gasteiger partial charge on any atom is -1.00 e. The molecule has 2 aliphatic rings. The molecule has 0 nitrogen and oxygen atoms in total. The maximum absolute atomic E-state index is 3.35. The normalized spacial score (nSPS) is 13.4. The number of hydrogen-bond acceptors (Lipinski definition) is 0. The van der Waals surface area contributed by atoms with Gasteiger partial charge in [0, 0.05) is 0 Å². The minimum absolute atomic E-state index is 0. The molecule has 0 aromatic heterocycles. The molecule has 6 aromatic carbocycles. The van der Waals surface area contributed by atoms with Gasteiger partial charge >= 0.3 is 43.4 Å². The molecule has 0 spiro atoms. The summed E-state index contributed by atoms with van der Waals surface area (Å²) in [4.78, 5) is 0. The third-order valence-electron chi connectivity index (χ3n) is 10.0. The maximum atomic E-state index is 3.35. The number of allylic oxidation sites excluding steroid dienone is 8. The first-order valence-electron chi connectivity index (χ1n) is 19.8. The second-order valence-corrected chi connectivity index (χ2v) is 17.2. The third kappa shape index (κ3) is 16.7. The first-order valence-corrected chi connectivity index (χ1v) is 21.8. The molecule has 0 bridgehead atoms. The van der Waals surface area contributed by atoms with E-state index in [9.17, 15) is 0 Å². The number of fused-ring (bicyclic) bond motifs is 2. The molecule has 300 valence electrons. The summed E-state index contributed by atoms with van der Waals surface area (Å²) in [6.45, 7) is 13.4. The average Bonchev–Trinajstić information content (AvgIpc) is 4.02. The van der Waals surface area contributed by atoms with Crippen molar-refractivity contribution in [2.75, 3.05) is 0 Å². The van der Waals surface area contributed by atoms with Crippen molar-refractivity contribution in [3.63, 3.8) is 0 Å². The molecule has 0 fully saturated rings.